The molecule has 0 spiro atoms. The largest absolute Gasteiger partial charge is 0.508 e. The maximum atomic E-state index is 11.2. The van der Waals surface area contributed by atoms with E-state index in [1.54, 1.807) is 12.1 Å². The summed E-state index contributed by atoms with van der Waals surface area (Å²) in [5, 5.41) is 9.53. The predicted octanol–water partition coefficient (Wildman–Crippen LogP) is 2.30. The lowest BCUT2D eigenvalue weighted by Crippen LogP contribution is -2.01. The van der Waals surface area contributed by atoms with Gasteiger partial charge in [-0.2, -0.15) is 0 Å². The second-order valence-electron chi connectivity index (χ2n) is 3.11. The third-order valence-corrected chi connectivity index (χ3v) is 2.07. The molecule has 1 aromatic carbocycles. The standard InChI is InChI=1S/C12H14O3/c1-3-4-5-9-8-10(12(14)15-2)6-7-11(9)13/h3-4,6-8,13H,5H2,1-2H3/b4-3+. The molecule has 0 saturated heterocycles. The molecule has 0 atom stereocenters. The normalized spacial score (nSPS) is 10.5. The van der Waals surface area contributed by atoms with Crippen molar-refractivity contribution in [2.45, 2.75) is 13.3 Å². The van der Waals surface area contributed by atoms with E-state index in [1.807, 2.05) is 19.1 Å². The summed E-state index contributed by atoms with van der Waals surface area (Å²) >= 11 is 0. The SMILES string of the molecule is C/C=C/Cc1cc(C(=O)OC)ccc1O. The topological polar surface area (TPSA) is 46.5 Å². The molecule has 1 rings (SSSR count). The zero-order chi connectivity index (χ0) is 11.3. The summed E-state index contributed by atoms with van der Waals surface area (Å²) < 4.78 is 4.60. The third-order valence-electron chi connectivity index (χ3n) is 2.07. The molecule has 0 radical (unpaired) electrons. The average molecular weight is 206 g/mol. The van der Waals surface area contributed by atoms with Crippen LogP contribution in [0.25, 0.3) is 0 Å². The number of aromatic hydroxyl groups is 1. The Morgan fingerprint density at radius 3 is 2.87 bits per heavy atom. The first-order valence-electron chi connectivity index (χ1n) is 4.70. The van der Waals surface area contributed by atoms with E-state index in [2.05, 4.69) is 4.74 Å². The molecule has 0 amide bonds. The molecule has 3 nitrogen and oxygen atoms in total. The number of rotatable bonds is 3. The van der Waals surface area contributed by atoms with Gasteiger partial charge in [-0.15, -0.1) is 0 Å². The first-order valence-corrected chi connectivity index (χ1v) is 4.70. The molecule has 0 saturated carbocycles. The van der Waals surface area contributed by atoms with Crippen molar-refractivity contribution in [3.8, 4) is 5.75 Å². The van der Waals surface area contributed by atoms with Crippen molar-refractivity contribution in [1.82, 2.24) is 0 Å². The molecular weight excluding hydrogens is 192 g/mol. The van der Waals surface area contributed by atoms with Gasteiger partial charge in [0, 0.05) is 0 Å². The van der Waals surface area contributed by atoms with Crippen molar-refractivity contribution in [3.05, 3.63) is 41.5 Å². The van der Waals surface area contributed by atoms with E-state index in [9.17, 15) is 9.90 Å². The Hall–Kier alpha value is -1.77. The summed E-state index contributed by atoms with van der Waals surface area (Å²) in [5.41, 5.74) is 1.17. The van der Waals surface area contributed by atoms with E-state index in [1.165, 1.54) is 13.2 Å². The van der Waals surface area contributed by atoms with Crippen LogP contribution in [0.4, 0.5) is 0 Å². The second-order valence-corrected chi connectivity index (χ2v) is 3.11. The molecule has 0 bridgehead atoms. The molecule has 0 aromatic heterocycles. The Balaban J connectivity index is 2.99. The van der Waals surface area contributed by atoms with Gasteiger partial charge < -0.3 is 9.84 Å². The maximum Gasteiger partial charge on any atom is 0.337 e. The lowest BCUT2D eigenvalue weighted by molar-refractivity contribution is 0.0600. The molecule has 1 aromatic rings. The quantitative estimate of drug-likeness (QED) is 0.609. The highest BCUT2D eigenvalue weighted by Crippen LogP contribution is 2.19. The minimum atomic E-state index is -0.392. The number of benzene rings is 1. The van der Waals surface area contributed by atoms with Gasteiger partial charge in [-0.3, -0.25) is 0 Å². The monoisotopic (exact) mass is 206 g/mol. The number of methoxy groups -OCH3 is 1. The number of hydrogen-bond donors (Lipinski definition) is 1. The Bertz CT molecular complexity index is 380. The highest BCUT2D eigenvalue weighted by atomic mass is 16.5. The van der Waals surface area contributed by atoms with Gasteiger partial charge in [0.1, 0.15) is 5.75 Å². The summed E-state index contributed by atoms with van der Waals surface area (Å²) in [6.07, 6.45) is 4.41. The first-order chi connectivity index (χ1) is 7.19. The molecule has 0 heterocycles. The predicted molar refractivity (Wildman–Crippen MR) is 58.0 cm³/mol. The minimum absolute atomic E-state index is 0.195. The van der Waals surface area contributed by atoms with Crippen LogP contribution in [0.15, 0.2) is 30.4 Å². The Morgan fingerprint density at radius 2 is 2.27 bits per heavy atom. The summed E-state index contributed by atoms with van der Waals surface area (Å²) in [6, 6.07) is 4.69. The van der Waals surface area contributed by atoms with Crippen LogP contribution in [0.5, 0.6) is 5.75 Å². The Labute approximate surface area is 89.0 Å². The van der Waals surface area contributed by atoms with Crippen LogP contribution >= 0.6 is 0 Å². The van der Waals surface area contributed by atoms with Crippen LogP contribution in [-0.2, 0) is 11.2 Å². The number of ether oxygens (including phenoxy) is 1. The van der Waals surface area contributed by atoms with Gasteiger partial charge in [0.2, 0.25) is 0 Å². The first kappa shape index (κ1) is 11.3. The van der Waals surface area contributed by atoms with Crippen LogP contribution in [0.3, 0.4) is 0 Å². The fraction of sp³-hybridized carbons (Fsp3) is 0.250. The highest BCUT2D eigenvalue weighted by Gasteiger charge is 2.08. The smallest absolute Gasteiger partial charge is 0.337 e. The van der Waals surface area contributed by atoms with Gasteiger partial charge in [0.25, 0.3) is 0 Å². The molecular formula is C12H14O3. The van der Waals surface area contributed by atoms with Crippen LogP contribution in [0, 0.1) is 0 Å². The van der Waals surface area contributed by atoms with Gasteiger partial charge in [-0.1, -0.05) is 12.2 Å². The van der Waals surface area contributed by atoms with E-state index in [-0.39, 0.29) is 5.75 Å². The number of esters is 1. The molecule has 1 N–H and O–H groups in total. The van der Waals surface area contributed by atoms with Gasteiger partial charge in [0.15, 0.2) is 0 Å². The zero-order valence-electron chi connectivity index (χ0n) is 8.86. The highest BCUT2D eigenvalue weighted by molar-refractivity contribution is 5.89. The lowest BCUT2D eigenvalue weighted by atomic mass is 10.1. The molecule has 15 heavy (non-hydrogen) atoms. The van der Waals surface area contributed by atoms with Crippen molar-refractivity contribution in [2.24, 2.45) is 0 Å². The number of hydrogen-bond acceptors (Lipinski definition) is 3. The van der Waals surface area contributed by atoms with Crippen molar-refractivity contribution < 1.29 is 14.6 Å². The van der Waals surface area contributed by atoms with E-state index in [4.69, 9.17) is 0 Å². The average Bonchev–Trinajstić information content (AvgIpc) is 2.27. The van der Waals surface area contributed by atoms with Crippen LogP contribution in [0.2, 0.25) is 0 Å². The Morgan fingerprint density at radius 1 is 1.53 bits per heavy atom. The summed E-state index contributed by atoms with van der Waals surface area (Å²) in [4.78, 5) is 11.2. The minimum Gasteiger partial charge on any atom is -0.508 e. The molecule has 0 aliphatic rings. The number of allylic oxidation sites excluding steroid dienone is 2. The number of phenols is 1. The fourth-order valence-corrected chi connectivity index (χ4v) is 1.24. The van der Waals surface area contributed by atoms with E-state index in [0.29, 0.717) is 12.0 Å². The lowest BCUT2D eigenvalue weighted by Gasteiger charge is -2.04. The molecule has 80 valence electrons. The molecule has 0 unspecified atom stereocenters. The van der Waals surface area contributed by atoms with Gasteiger partial charge in [-0.05, 0) is 37.1 Å². The number of carbonyl (C=O) groups excluding carboxylic acids is 1. The van der Waals surface area contributed by atoms with Crippen LogP contribution < -0.4 is 0 Å². The second kappa shape index (κ2) is 5.20. The summed E-state index contributed by atoms with van der Waals surface area (Å²) in [5.74, 6) is -0.197. The number of carbonyl (C=O) groups is 1. The van der Waals surface area contributed by atoms with Crippen molar-refractivity contribution in [2.75, 3.05) is 7.11 Å². The summed E-state index contributed by atoms with van der Waals surface area (Å²) in [6.45, 7) is 1.90. The Kier molecular flexibility index (Phi) is 3.92. The number of phenolic OH excluding ortho intramolecular Hbond substituents is 1. The van der Waals surface area contributed by atoms with Gasteiger partial charge in [-0.25, -0.2) is 4.79 Å². The molecule has 0 aliphatic carbocycles. The summed E-state index contributed by atoms with van der Waals surface area (Å²) in [7, 11) is 1.33. The third kappa shape index (κ3) is 2.84. The molecule has 0 aliphatic heterocycles. The van der Waals surface area contributed by atoms with Crippen molar-refractivity contribution in [3.63, 3.8) is 0 Å². The molecule has 3 heteroatoms. The fourth-order valence-electron chi connectivity index (χ4n) is 1.24. The van der Waals surface area contributed by atoms with Gasteiger partial charge >= 0.3 is 5.97 Å². The van der Waals surface area contributed by atoms with Crippen molar-refractivity contribution in [1.29, 1.82) is 0 Å². The van der Waals surface area contributed by atoms with Gasteiger partial charge in [0.05, 0.1) is 12.7 Å². The zero-order valence-corrected chi connectivity index (χ0v) is 8.86. The van der Waals surface area contributed by atoms with E-state index >= 15 is 0 Å². The van der Waals surface area contributed by atoms with E-state index < -0.39 is 5.97 Å². The maximum absolute atomic E-state index is 11.2. The van der Waals surface area contributed by atoms with Crippen LogP contribution in [-0.4, -0.2) is 18.2 Å². The van der Waals surface area contributed by atoms with E-state index in [0.717, 1.165) is 5.56 Å². The van der Waals surface area contributed by atoms with Crippen LogP contribution in [0.1, 0.15) is 22.8 Å². The molecule has 0 fully saturated rings. The van der Waals surface area contributed by atoms with Crippen molar-refractivity contribution >= 4 is 5.97 Å².